The van der Waals surface area contributed by atoms with Gasteiger partial charge in [-0.1, -0.05) is 18.6 Å². The van der Waals surface area contributed by atoms with Crippen molar-refractivity contribution in [1.82, 2.24) is 0 Å². The third-order valence-electron chi connectivity index (χ3n) is 7.82. The Kier molecular flexibility index (Phi) is 3.53. The van der Waals surface area contributed by atoms with Gasteiger partial charge in [0.1, 0.15) is 6.10 Å². The molecule has 4 nitrogen and oxygen atoms in total. The molecule has 4 aliphatic carbocycles. The van der Waals surface area contributed by atoms with E-state index in [1.54, 1.807) is 0 Å². The maximum absolute atomic E-state index is 12.5. The first-order chi connectivity index (χ1) is 10.9. The fourth-order valence-electron chi connectivity index (χ4n) is 6.52. The molecule has 0 spiro atoms. The van der Waals surface area contributed by atoms with Crippen LogP contribution < -0.4 is 0 Å². The molecule has 7 atom stereocenters. The third kappa shape index (κ3) is 1.98. The van der Waals surface area contributed by atoms with Crippen molar-refractivity contribution in [2.75, 3.05) is 6.61 Å². The summed E-state index contributed by atoms with van der Waals surface area (Å²) in [5.74, 6) is 1.03. The zero-order valence-corrected chi connectivity index (χ0v) is 13.9. The minimum absolute atomic E-state index is 0.0350. The van der Waals surface area contributed by atoms with Crippen LogP contribution in [0, 0.1) is 28.6 Å². The Morgan fingerprint density at radius 3 is 2.74 bits per heavy atom. The summed E-state index contributed by atoms with van der Waals surface area (Å²) in [6, 6.07) is 0. The predicted molar refractivity (Wildman–Crippen MR) is 85.5 cm³/mol. The Hall–Kier alpha value is -0.710. The zero-order chi connectivity index (χ0) is 16.4. The zero-order valence-electron chi connectivity index (χ0n) is 13.9. The van der Waals surface area contributed by atoms with E-state index in [0.29, 0.717) is 24.7 Å². The minimum atomic E-state index is -0.799. The molecule has 0 heterocycles. The summed E-state index contributed by atoms with van der Waals surface area (Å²) in [6.45, 7) is 2.19. The number of allylic oxidation sites excluding steroid dienone is 1. The summed E-state index contributed by atoms with van der Waals surface area (Å²) >= 11 is 0. The summed E-state index contributed by atoms with van der Waals surface area (Å²) in [5, 5.41) is 30.4. The fourth-order valence-corrected chi connectivity index (χ4v) is 6.52. The summed E-state index contributed by atoms with van der Waals surface area (Å²) in [4.78, 5) is 12.5. The van der Waals surface area contributed by atoms with E-state index in [9.17, 15) is 20.1 Å². The van der Waals surface area contributed by atoms with Crippen LogP contribution in [0.15, 0.2) is 11.6 Å². The second kappa shape index (κ2) is 5.14. The topological polar surface area (TPSA) is 77.8 Å². The van der Waals surface area contributed by atoms with Gasteiger partial charge in [-0.05, 0) is 62.7 Å². The lowest BCUT2D eigenvalue weighted by molar-refractivity contribution is -0.137. The second-order valence-electron chi connectivity index (χ2n) is 8.62. The number of aliphatic hydroxyl groups excluding tert-OH is 3. The van der Waals surface area contributed by atoms with Gasteiger partial charge in [-0.2, -0.15) is 0 Å². The molecule has 0 aliphatic heterocycles. The molecule has 4 aliphatic rings. The van der Waals surface area contributed by atoms with Crippen LogP contribution in [0.25, 0.3) is 0 Å². The molecule has 0 amide bonds. The van der Waals surface area contributed by atoms with E-state index in [4.69, 9.17) is 0 Å². The summed E-state index contributed by atoms with van der Waals surface area (Å²) in [6.07, 6.45) is 6.74. The van der Waals surface area contributed by atoms with E-state index in [-0.39, 0.29) is 35.2 Å². The van der Waals surface area contributed by atoms with Gasteiger partial charge in [0, 0.05) is 10.8 Å². The number of carbonyl (C=O) groups excluding carboxylic acids is 1. The third-order valence-corrected chi connectivity index (χ3v) is 7.82. The van der Waals surface area contributed by atoms with Crippen molar-refractivity contribution in [3.63, 3.8) is 0 Å². The molecule has 0 aromatic carbocycles. The van der Waals surface area contributed by atoms with E-state index in [1.807, 2.05) is 6.92 Å². The second-order valence-corrected chi connectivity index (χ2v) is 8.62. The van der Waals surface area contributed by atoms with Crippen LogP contribution in [-0.2, 0) is 4.79 Å². The van der Waals surface area contributed by atoms with Gasteiger partial charge >= 0.3 is 0 Å². The van der Waals surface area contributed by atoms with Crippen LogP contribution >= 0.6 is 0 Å². The minimum Gasteiger partial charge on any atom is -0.395 e. The largest absolute Gasteiger partial charge is 0.395 e. The molecule has 0 aromatic heterocycles. The first kappa shape index (κ1) is 15.8. The predicted octanol–water partition coefficient (Wildman–Crippen LogP) is 1.82. The van der Waals surface area contributed by atoms with Gasteiger partial charge < -0.3 is 15.3 Å². The lowest BCUT2D eigenvalue weighted by atomic mass is 9.47. The van der Waals surface area contributed by atoms with Gasteiger partial charge in [0.2, 0.25) is 0 Å². The molecular weight excluding hydrogens is 292 g/mol. The van der Waals surface area contributed by atoms with Crippen molar-refractivity contribution >= 4 is 5.78 Å². The van der Waals surface area contributed by atoms with Crippen LogP contribution in [0.5, 0.6) is 0 Å². The first-order valence-corrected chi connectivity index (χ1v) is 9.13. The molecule has 0 radical (unpaired) electrons. The van der Waals surface area contributed by atoms with Crippen molar-refractivity contribution in [2.45, 2.75) is 64.1 Å². The van der Waals surface area contributed by atoms with Crippen LogP contribution in [0.1, 0.15) is 51.9 Å². The highest BCUT2D eigenvalue weighted by atomic mass is 16.3. The Balaban J connectivity index is 1.72. The Morgan fingerprint density at radius 2 is 2.00 bits per heavy atom. The van der Waals surface area contributed by atoms with Gasteiger partial charge in [0.15, 0.2) is 5.78 Å². The van der Waals surface area contributed by atoms with Gasteiger partial charge in [0.05, 0.1) is 12.7 Å². The Bertz CT molecular complexity index is 556. The molecule has 0 bridgehead atoms. The summed E-state index contributed by atoms with van der Waals surface area (Å²) in [5.41, 5.74) is 0.671. The fraction of sp³-hybridized carbons (Fsp3) is 0.842. The number of rotatable bonds is 1. The van der Waals surface area contributed by atoms with Crippen molar-refractivity contribution in [3.8, 4) is 0 Å². The van der Waals surface area contributed by atoms with Crippen LogP contribution in [-0.4, -0.2) is 39.9 Å². The maximum Gasteiger partial charge on any atom is 0.167 e. The average Bonchev–Trinajstić information content (AvgIpc) is 2.78. The monoisotopic (exact) mass is 320 g/mol. The average molecular weight is 320 g/mol. The van der Waals surface area contributed by atoms with Crippen molar-refractivity contribution < 1.29 is 20.1 Å². The van der Waals surface area contributed by atoms with E-state index in [0.717, 1.165) is 32.1 Å². The molecule has 4 heteroatoms. The highest BCUT2D eigenvalue weighted by Gasteiger charge is 2.61. The Labute approximate surface area is 137 Å². The van der Waals surface area contributed by atoms with Crippen LogP contribution in [0.2, 0.25) is 0 Å². The number of hydrogen-bond donors (Lipinski definition) is 3. The number of ketones is 1. The molecular formula is C19H28O4. The molecule has 0 unspecified atom stereocenters. The van der Waals surface area contributed by atoms with Crippen LogP contribution in [0.3, 0.4) is 0 Å². The van der Waals surface area contributed by atoms with Crippen molar-refractivity contribution in [1.29, 1.82) is 0 Å². The lowest BCUT2D eigenvalue weighted by Gasteiger charge is -2.57. The molecule has 3 N–H and O–H groups in total. The van der Waals surface area contributed by atoms with Crippen molar-refractivity contribution in [3.05, 3.63) is 11.6 Å². The number of carbonyl (C=O) groups is 1. The molecule has 3 saturated carbocycles. The number of aliphatic hydroxyl groups is 3. The molecule has 128 valence electrons. The molecule has 0 aromatic rings. The van der Waals surface area contributed by atoms with E-state index >= 15 is 0 Å². The summed E-state index contributed by atoms with van der Waals surface area (Å²) in [7, 11) is 0. The first-order valence-electron chi connectivity index (χ1n) is 9.13. The number of hydrogen-bond acceptors (Lipinski definition) is 4. The smallest absolute Gasteiger partial charge is 0.167 e. The van der Waals surface area contributed by atoms with Crippen molar-refractivity contribution in [2.24, 2.45) is 28.6 Å². The van der Waals surface area contributed by atoms with E-state index < -0.39 is 6.10 Å². The molecule has 4 rings (SSSR count). The van der Waals surface area contributed by atoms with Gasteiger partial charge in [-0.3, -0.25) is 4.79 Å². The van der Waals surface area contributed by atoms with Crippen LogP contribution in [0.4, 0.5) is 0 Å². The molecule has 3 fully saturated rings. The van der Waals surface area contributed by atoms with E-state index in [1.165, 1.54) is 5.57 Å². The lowest BCUT2D eigenvalue weighted by Crippen LogP contribution is -2.53. The Morgan fingerprint density at radius 1 is 1.22 bits per heavy atom. The molecule has 0 saturated heterocycles. The SMILES string of the molecule is C[C@]12CC[C@H]3[C@H](CC=C4C[C@@H](O)CC[C@@]43CO)[C@H]1C[C@@H](O)C2=O. The summed E-state index contributed by atoms with van der Waals surface area (Å²) < 4.78 is 0. The van der Waals surface area contributed by atoms with E-state index in [2.05, 4.69) is 6.08 Å². The number of Topliss-reactive ketones (excluding diaryl/α,β-unsaturated/α-hetero) is 1. The highest BCUT2D eigenvalue weighted by molar-refractivity contribution is 5.91. The highest BCUT2D eigenvalue weighted by Crippen LogP contribution is 2.63. The quantitative estimate of drug-likeness (QED) is 0.644. The maximum atomic E-state index is 12.5. The standard InChI is InChI=1S/C19H28O4/c1-18-6-5-14-13(15(18)9-16(22)17(18)23)3-2-11-8-12(21)4-7-19(11,14)10-20/h2,12-16,20-22H,3-10H2,1H3/t12-,13-,14-,15+,16+,18-,19+/m0/s1. The van der Waals surface area contributed by atoms with Gasteiger partial charge in [-0.25, -0.2) is 0 Å². The molecule has 23 heavy (non-hydrogen) atoms. The van der Waals surface area contributed by atoms with Gasteiger partial charge in [0.25, 0.3) is 0 Å². The normalized spacial score (nSPS) is 52.4. The number of fused-ring (bicyclic) bond motifs is 5. The van der Waals surface area contributed by atoms with Gasteiger partial charge in [-0.15, -0.1) is 0 Å².